The van der Waals surface area contributed by atoms with Crippen molar-refractivity contribution < 1.29 is 9.53 Å². The van der Waals surface area contributed by atoms with Crippen LogP contribution in [0.5, 0.6) is 0 Å². The average molecular weight is 497 g/mol. The maximum Gasteiger partial charge on any atom is 0.410 e. The molecule has 1 amide bonds. The molecule has 1 fully saturated rings. The molecular weight excluding hydrogens is 457 g/mol. The van der Waals surface area contributed by atoms with E-state index < -0.39 is 5.60 Å². The number of guanidine groups is 1. The standard InChI is InChI=1S/C19H39N5O2.HI/c1-18(2,3)26-17(25)23(7)14-11-21-16(20-6)22-15-19(4,5)24-12-9-8-10-13-24;/h8-15H2,1-7H3,(H2,20,21,22);1H. The topological polar surface area (TPSA) is 69.2 Å². The van der Waals surface area contributed by atoms with Crippen molar-refractivity contribution in [3.05, 3.63) is 0 Å². The third-order valence-electron chi connectivity index (χ3n) is 4.57. The number of likely N-dealkylation sites (N-methyl/N-ethyl adjacent to an activating group) is 1. The zero-order valence-electron chi connectivity index (χ0n) is 18.2. The Morgan fingerprint density at radius 3 is 2.22 bits per heavy atom. The molecule has 0 aromatic rings. The van der Waals surface area contributed by atoms with Crippen LogP contribution in [-0.2, 0) is 4.74 Å². The van der Waals surface area contributed by atoms with Crippen molar-refractivity contribution in [3.8, 4) is 0 Å². The fourth-order valence-electron chi connectivity index (χ4n) is 2.90. The first-order valence-corrected chi connectivity index (χ1v) is 9.69. The molecule has 1 heterocycles. The van der Waals surface area contributed by atoms with Gasteiger partial charge in [0.15, 0.2) is 5.96 Å². The summed E-state index contributed by atoms with van der Waals surface area (Å²) in [6, 6.07) is 0. The molecule has 0 unspecified atom stereocenters. The second-order valence-corrected chi connectivity index (χ2v) is 8.61. The van der Waals surface area contributed by atoms with Gasteiger partial charge in [-0.05, 0) is 60.5 Å². The highest BCUT2D eigenvalue weighted by molar-refractivity contribution is 14.0. The minimum absolute atomic E-state index is 0. The summed E-state index contributed by atoms with van der Waals surface area (Å²) in [5.74, 6) is 0.757. The van der Waals surface area contributed by atoms with E-state index in [9.17, 15) is 4.79 Å². The molecule has 0 radical (unpaired) electrons. The van der Waals surface area contributed by atoms with E-state index in [-0.39, 0.29) is 35.6 Å². The Labute approximate surface area is 182 Å². The van der Waals surface area contributed by atoms with Crippen LogP contribution >= 0.6 is 24.0 Å². The normalized spacial score (nSPS) is 16.3. The third kappa shape index (κ3) is 10.4. The summed E-state index contributed by atoms with van der Waals surface area (Å²) >= 11 is 0. The lowest BCUT2D eigenvalue weighted by atomic mass is 9.98. The van der Waals surface area contributed by atoms with E-state index in [0.29, 0.717) is 13.1 Å². The van der Waals surface area contributed by atoms with Gasteiger partial charge in [0.25, 0.3) is 0 Å². The van der Waals surface area contributed by atoms with Crippen molar-refractivity contribution in [1.82, 2.24) is 20.4 Å². The van der Waals surface area contributed by atoms with Gasteiger partial charge in [0.2, 0.25) is 0 Å². The van der Waals surface area contributed by atoms with Crippen LogP contribution in [-0.4, -0.2) is 79.8 Å². The highest BCUT2D eigenvalue weighted by Gasteiger charge is 2.28. The predicted octanol–water partition coefficient (Wildman–Crippen LogP) is 2.90. The molecule has 0 atom stereocenters. The zero-order chi connectivity index (χ0) is 19.8. The SMILES string of the molecule is CN=C(NCCN(C)C(=O)OC(C)(C)C)NCC(C)(C)N1CCCCC1.I. The first-order chi connectivity index (χ1) is 12.0. The van der Waals surface area contributed by atoms with E-state index in [0.717, 1.165) is 12.5 Å². The van der Waals surface area contributed by atoms with Crippen LogP contribution < -0.4 is 10.6 Å². The van der Waals surface area contributed by atoms with Gasteiger partial charge < -0.3 is 20.3 Å². The van der Waals surface area contributed by atoms with Gasteiger partial charge in [-0.2, -0.15) is 0 Å². The van der Waals surface area contributed by atoms with Crippen LogP contribution in [0.4, 0.5) is 4.79 Å². The number of nitrogens with one attached hydrogen (secondary N) is 2. The lowest BCUT2D eigenvalue weighted by molar-refractivity contribution is 0.0302. The Balaban J connectivity index is 0.00000676. The third-order valence-corrected chi connectivity index (χ3v) is 4.57. The summed E-state index contributed by atoms with van der Waals surface area (Å²) in [5.41, 5.74) is -0.387. The number of likely N-dealkylation sites (tertiary alicyclic amines) is 1. The summed E-state index contributed by atoms with van der Waals surface area (Å²) in [6.07, 6.45) is 3.60. The number of nitrogens with zero attached hydrogens (tertiary/aromatic N) is 3. The van der Waals surface area contributed by atoms with Crippen LogP contribution in [0.15, 0.2) is 4.99 Å². The number of carbonyl (C=O) groups excluding carboxylic acids is 1. The first kappa shape index (κ1) is 26.2. The van der Waals surface area contributed by atoms with Gasteiger partial charge in [0.1, 0.15) is 5.60 Å². The Bertz CT molecular complexity index is 471. The molecule has 0 aliphatic carbocycles. The Morgan fingerprint density at radius 2 is 1.70 bits per heavy atom. The number of hydrogen-bond acceptors (Lipinski definition) is 4. The number of ether oxygens (including phenoxy) is 1. The summed E-state index contributed by atoms with van der Waals surface area (Å²) in [6.45, 7) is 14.5. The highest BCUT2D eigenvalue weighted by Crippen LogP contribution is 2.19. The molecule has 0 spiro atoms. The van der Waals surface area contributed by atoms with E-state index in [1.807, 2.05) is 20.8 Å². The maximum atomic E-state index is 12.0. The van der Waals surface area contributed by atoms with Gasteiger partial charge in [0, 0.05) is 39.3 Å². The zero-order valence-corrected chi connectivity index (χ0v) is 20.6. The average Bonchev–Trinajstić information content (AvgIpc) is 2.57. The molecule has 8 heteroatoms. The Hall–Kier alpha value is -0.770. The number of halogens is 1. The smallest absolute Gasteiger partial charge is 0.410 e. The lowest BCUT2D eigenvalue weighted by Crippen LogP contribution is -2.55. The molecule has 0 aromatic heterocycles. The Kier molecular flexibility index (Phi) is 11.6. The molecular formula is C19H40IN5O2. The van der Waals surface area contributed by atoms with Crippen LogP contribution in [0.25, 0.3) is 0 Å². The quantitative estimate of drug-likeness (QED) is 0.336. The highest BCUT2D eigenvalue weighted by atomic mass is 127. The number of aliphatic imine (C=N–C) groups is 1. The maximum absolute atomic E-state index is 12.0. The molecule has 27 heavy (non-hydrogen) atoms. The second-order valence-electron chi connectivity index (χ2n) is 8.61. The molecule has 2 N–H and O–H groups in total. The summed E-state index contributed by atoms with van der Waals surface area (Å²) in [7, 11) is 3.51. The van der Waals surface area contributed by atoms with E-state index in [4.69, 9.17) is 4.74 Å². The molecule has 1 saturated heterocycles. The fourth-order valence-corrected chi connectivity index (χ4v) is 2.90. The largest absolute Gasteiger partial charge is 0.444 e. The monoisotopic (exact) mass is 497 g/mol. The van der Waals surface area contributed by atoms with Crippen molar-refractivity contribution >= 4 is 36.0 Å². The Morgan fingerprint density at radius 1 is 1.11 bits per heavy atom. The van der Waals surface area contributed by atoms with E-state index >= 15 is 0 Å². The van der Waals surface area contributed by atoms with Crippen LogP contribution in [0.1, 0.15) is 53.9 Å². The number of piperidine rings is 1. The lowest BCUT2D eigenvalue weighted by Gasteiger charge is -2.41. The summed E-state index contributed by atoms with van der Waals surface area (Å²) < 4.78 is 5.35. The molecule has 7 nitrogen and oxygen atoms in total. The molecule has 1 aliphatic heterocycles. The minimum atomic E-state index is -0.476. The molecule has 0 bridgehead atoms. The number of rotatable bonds is 6. The molecule has 1 aliphatic rings. The van der Waals surface area contributed by atoms with Gasteiger partial charge in [0.05, 0.1) is 0 Å². The second kappa shape index (κ2) is 11.9. The van der Waals surface area contributed by atoms with Crippen molar-refractivity contribution in [2.75, 3.05) is 46.8 Å². The van der Waals surface area contributed by atoms with E-state index in [1.165, 1.54) is 32.4 Å². The first-order valence-electron chi connectivity index (χ1n) is 9.69. The van der Waals surface area contributed by atoms with Crippen molar-refractivity contribution in [2.45, 2.75) is 65.0 Å². The van der Waals surface area contributed by atoms with E-state index in [1.54, 1.807) is 19.0 Å². The summed E-state index contributed by atoms with van der Waals surface area (Å²) in [4.78, 5) is 20.4. The predicted molar refractivity (Wildman–Crippen MR) is 123 cm³/mol. The molecule has 160 valence electrons. The number of amides is 1. The minimum Gasteiger partial charge on any atom is -0.444 e. The van der Waals surface area contributed by atoms with Gasteiger partial charge in [-0.3, -0.25) is 9.89 Å². The van der Waals surface area contributed by atoms with Crippen LogP contribution in [0.2, 0.25) is 0 Å². The number of hydrogen-bond donors (Lipinski definition) is 2. The molecule has 0 saturated carbocycles. The van der Waals surface area contributed by atoms with E-state index in [2.05, 4.69) is 34.4 Å². The van der Waals surface area contributed by atoms with Crippen molar-refractivity contribution in [3.63, 3.8) is 0 Å². The van der Waals surface area contributed by atoms with Crippen LogP contribution in [0.3, 0.4) is 0 Å². The van der Waals surface area contributed by atoms with Gasteiger partial charge >= 0.3 is 6.09 Å². The summed E-state index contributed by atoms with van der Waals surface area (Å²) in [5, 5.41) is 6.68. The van der Waals surface area contributed by atoms with Gasteiger partial charge in [-0.1, -0.05) is 6.42 Å². The van der Waals surface area contributed by atoms with Gasteiger partial charge in [-0.15, -0.1) is 24.0 Å². The molecule has 1 rings (SSSR count). The van der Waals surface area contributed by atoms with Crippen LogP contribution in [0, 0.1) is 0 Å². The van der Waals surface area contributed by atoms with Gasteiger partial charge in [-0.25, -0.2) is 4.79 Å². The van der Waals surface area contributed by atoms with Crippen molar-refractivity contribution in [1.29, 1.82) is 0 Å². The van der Waals surface area contributed by atoms with Crippen molar-refractivity contribution in [2.24, 2.45) is 4.99 Å². The fraction of sp³-hybridized carbons (Fsp3) is 0.895. The molecule has 0 aromatic carbocycles. The number of carbonyl (C=O) groups is 1.